The summed E-state index contributed by atoms with van der Waals surface area (Å²) in [6, 6.07) is 7.97. The lowest BCUT2D eigenvalue weighted by atomic mass is 10.2. The summed E-state index contributed by atoms with van der Waals surface area (Å²) in [7, 11) is 1.67. The first-order chi connectivity index (χ1) is 8.60. The molecule has 0 unspecified atom stereocenters. The molecule has 0 spiro atoms. The highest BCUT2D eigenvalue weighted by molar-refractivity contribution is 9.13. The molecule has 0 atom stereocenters. The number of halogens is 2. The van der Waals surface area contributed by atoms with Gasteiger partial charge in [-0.3, -0.25) is 0 Å². The zero-order valence-electron chi connectivity index (χ0n) is 10.1. The van der Waals surface area contributed by atoms with Crippen molar-refractivity contribution < 1.29 is 9.15 Å². The van der Waals surface area contributed by atoms with E-state index < -0.39 is 0 Å². The minimum Gasteiger partial charge on any atom is -0.495 e. The first kappa shape index (κ1) is 13.5. The van der Waals surface area contributed by atoms with Gasteiger partial charge < -0.3 is 14.5 Å². The molecule has 1 aromatic carbocycles. The summed E-state index contributed by atoms with van der Waals surface area (Å²) < 4.78 is 12.4. The molecule has 3 nitrogen and oxygen atoms in total. The third kappa shape index (κ3) is 3.09. The Morgan fingerprint density at radius 2 is 2.06 bits per heavy atom. The van der Waals surface area contributed by atoms with E-state index in [2.05, 4.69) is 37.2 Å². The molecule has 96 valence electrons. The SMILES string of the molecule is COc1cc(C)ccc1NCc1cc(Br)c(Br)o1. The summed E-state index contributed by atoms with van der Waals surface area (Å²) in [6.07, 6.45) is 0. The van der Waals surface area contributed by atoms with Gasteiger partial charge in [-0.1, -0.05) is 6.07 Å². The Morgan fingerprint density at radius 3 is 2.67 bits per heavy atom. The Bertz CT molecular complexity index is 532. The molecule has 2 rings (SSSR count). The second kappa shape index (κ2) is 5.80. The maximum atomic E-state index is 5.50. The van der Waals surface area contributed by atoms with E-state index in [4.69, 9.17) is 9.15 Å². The lowest BCUT2D eigenvalue weighted by Gasteiger charge is -2.10. The topological polar surface area (TPSA) is 34.4 Å². The van der Waals surface area contributed by atoms with Crippen LogP contribution >= 0.6 is 31.9 Å². The number of hydrogen-bond donors (Lipinski definition) is 1. The molecule has 0 radical (unpaired) electrons. The molecule has 0 saturated heterocycles. The highest BCUT2D eigenvalue weighted by atomic mass is 79.9. The van der Waals surface area contributed by atoms with Crippen LogP contribution in [0.3, 0.4) is 0 Å². The van der Waals surface area contributed by atoms with Crippen molar-refractivity contribution in [3.05, 3.63) is 44.7 Å². The van der Waals surface area contributed by atoms with Gasteiger partial charge in [-0.15, -0.1) is 0 Å². The largest absolute Gasteiger partial charge is 0.495 e. The summed E-state index contributed by atoms with van der Waals surface area (Å²) >= 11 is 6.70. The maximum absolute atomic E-state index is 5.50. The first-order valence-corrected chi connectivity index (χ1v) is 7.01. The summed E-state index contributed by atoms with van der Waals surface area (Å²) in [5.74, 6) is 1.68. The Kier molecular flexibility index (Phi) is 4.35. The molecule has 0 saturated carbocycles. The fourth-order valence-electron chi connectivity index (χ4n) is 1.61. The van der Waals surface area contributed by atoms with Gasteiger partial charge in [-0.25, -0.2) is 0 Å². The summed E-state index contributed by atoms with van der Waals surface area (Å²) in [4.78, 5) is 0. The van der Waals surface area contributed by atoms with Crippen LogP contribution in [0.1, 0.15) is 11.3 Å². The average molecular weight is 375 g/mol. The smallest absolute Gasteiger partial charge is 0.183 e. The van der Waals surface area contributed by atoms with Crippen molar-refractivity contribution in [2.24, 2.45) is 0 Å². The molecule has 0 amide bonds. The van der Waals surface area contributed by atoms with E-state index in [1.807, 2.05) is 31.2 Å². The van der Waals surface area contributed by atoms with Crippen LogP contribution in [-0.4, -0.2) is 7.11 Å². The molecular weight excluding hydrogens is 362 g/mol. The number of furan rings is 1. The van der Waals surface area contributed by atoms with E-state index in [-0.39, 0.29) is 0 Å². The number of anilines is 1. The Morgan fingerprint density at radius 1 is 1.28 bits per heavy atom. The molecule has 0 aliphatic rings. The number of ether oxygens (including phenoxy) is 1. The Balaban J connectivity index is 2.10. The van der Waals surface area contributed by atoms with Crippen molar-refractivity contribution in [3.63, 3.8) is 0 Å². The van der Waals surface area contributed by atoms with Crippen molar-refractivity contribution in [2.75, 3.05) is 12.4 Å². The number of rotatable bonds is 4. The maximum Gasteiger partial charge on any atom is 0.183 e. The first-order valence-electron chi connectivity index (χ1n) is 5.42. The predicted octanol–water partition coefficient (Wildman–Crippen LogP) is 4.73. The van der Waals surface area contributed by atoms with Gasteiger partial charge in [-0.05, 0) is 62.5 Å². The van der Waals surface area contributed by atoms with Crippen molar-refractivity contribution in [2.45, 2.75) is 13.5 Å². The van der Waals surface area contributed by atoms with Gasteiger partial charge in [0.1, 0.15) is 11.5 Å². The minimum absolute atomic E-state index is 0.601. The third-order valence-electron chi connectivity index (χ3n) is 2.51. The molecule has 0 aliphatic carbocycles. The van der Waals surface area contributed by atoms with Crippen molar-refractivity contribution >= 4 is 37.5 Å². The van der Waals surface area contributed by atoms with Gasteiger partial charge >= 0.3 is 0 Å². The van der Waals surface area contributed by atoms with Crippen LogP contribution in [0.2, 0.25) is 0 Å². The molecule has 2 aromatic rings. The molecule has 0 aliphatic heterocycles. The normalized spacial score (nSPS) is 10.4. The van der Waals surface area contributed by atoms with Crippen LogP contribution in [0.25, 0.3) is 0 Å². The van der Waals surface area contributed by atoms with Crippen molar-refractivity contribution in [1.82, 2.24) is 0 Å². The number of hydrogen-bond acceptors (Lipinski definition) is 3. The van der Waals surface area contributed by atoms with E-state index in [1.54, 1.807) is 7.11 Å². The number of aryl methyl sites for hydroxylation is 1. The highest BCUT2D eigenvalue weighted by Crippen LogP contribution is 2.29. The zero-order chi connectivity index (χ0) is 13.1. The summed E-state index contributed by atoms with van der Waals surface area (Å²) in [5, 5.41) is 3.29. The van der Waals surface area contributed by atoms with Crippen LogP contribution in [-0.2, 0) is 6.54 Å². The van der Waals surface area contributed by atoms with E-state index in [9.17, 15) is 0 Å². The van der Waals surface area contributed by atoms with Gasteiger partial charge in [0.2, 0.25) is 0 Å². The van der Waals surface area contributed by atoms with Gasteiger partial charge in [0, 0.05) is 0 Å². The van der Waals surface area contributed by atoms with Gasteiger partial charge in [-0.2, -0.15) is 0 Å². The monoisotopic (exact) mass is 373 g/mol. The fraction of sp³-hybridized carbons (Fsp3) is 0.231. The van der Waals surface area contributed by atoms with Crippen LogP contribution in [0.15, 0.2) is 37.8 Å². The highest BCUT2D eigenvalue weighted by Gasteiger charge is 2.07. The molecule has 18 heavy (non-hydrogen) atoms. The number of nitrogens with one attached hydrogen (secondary N) is 1. The van der Waals surface area contributed by atoms with Crippen molar-refractivity contribution in [3.8, 4) is 5.75 Å². The Labute approximate surface area is 123 Å². The summed E-state index contributed by atoms with van der Waals surface area (Å²) in [5.41, 5.74) is 2.12. The molecular formula is C13H13Br2NO2. The molecule has 0 bridgehead atoms. The van der Waals surface area contributed by atoms with Crippen molar-refractivity contribution in [1.29, 1.82) is 0 Å². The minimum atomic E-state index is 0.601. The van der Waals surface area contributed by atoms with E-state index in [0.717, 1.165) is 21.7 Å². The van der Waals surface area contributed by atoms with Crippen LogP contribution in [0, 0.1) is 6.92 Å². The van der Waals surface area contributed by atoms with Crippen LogP contribution in [0.5, 0.6) is 5.75 Å². The fourth-order valence-corrected chi connectivity index (χ4v) is 2.26. The molecule has 1 heterocycles. The second-order valence-electron chi connectivity index (χ2n) is 3.89. The molecule has 1 aromatic heterocycles. The van der Waals surface area contributed by atoms with Crippen LogP contribution < -0.4 is 10.1 Å². The van der Waals surface area contributed by atoms with Crippen LogP contribution in [0.4, 0.5) is 5.69 Å². The predicted molar refractivity (Wildman–Crippen MR) is 79.2 cm³/mol. The molecule has 0 fully saturated rings. The standard InChI is InChI=1S/C13H13Br2NO2/c1-8-3-4-11(12(5-8)17-2)16-7-9-6-10(14)13(15)18-9/h3-6,16H,7H2,1-2H3. The lowest BCUT2D eigenvalue weighted by Crippen LogP contribution is -2.00. The quantitative estimate of drug-likeness (QED) is 0.839. The van der Waals surface area contributed by atoms with Gasteiger partial charge in [0.05, 0.1) is 23.8 Å². The number of benzene rings is 1. The van der Waals surface area contributed by atoms with E-state index in [0.29, 0.717) is 11.2 Å². The lowest BCUT2D eigenvalue weighted by molar-refractivity contribution is 0.415. The summed E-state index contributed by atoms with van der Waals surface area (Å²) in [6.45, 7) is 2.64. The second-order valence-corrected chi connectivity index (χ2v) is 5.47. The average Bonchev–Trinajstić information content (AvgIpc) is 2.67. The van der Waals surface area contributed by atoms with E-state index in [1.165, 1.54) is 5.56 Å². The third-order valence-corrected chi connectivity index (χ3v) is 4.22. The van der Waals surface area contributed by atoms with Gasteiger partial charge in [0.15, 0.2) is 4.67 Å². The van der Waals surface area contributed by atoms with E-state index >= 15 is 0 Å². The zero-order valence-corrected chi connectivity index (χ0v) is 13.3. The Hall–Kier alpha value is -0.940. The van der Waals surface area contributed by atoms with Gasteiger partial charge in [0.25, 0.3) is 0 Å². The number of methoxy groups -OCH3 is 1. The molecule has 5 heteroatoms. The molecule has 1 N–H and O–H groups in total.